The van der Waals surface area contributed by atoms with Crippen molar-refractivity contribution >= 4 is 95.3 Å². The summed E-state index contributed by atoms with van der Waals surface area (Å²) in [4.78, 5) is 0. The van der Waals surface area contributed by atoms with E-state index < -0.39 is 444 Å². The minimum absolute atomic E-state index is 0. The smallest absolute Gasteiger partial charge is 0.200 e. The first-order valence-electron chi connectivity index (χ1n) is 32.0. The van der Waals surface area contributed by atoms with Crippen LogP contribution in [0, 0.1) is 349 Å². The molecule has 0 saturated carbocycles. The Bertz CT molecular complexity index is 5300. The van der Waals surface area contributed by atoms with Crippen LogP contribution in [-0.2, 0) is 20.4 Å². The molecule has 0 bridgehead atoms. The van der Waals surface area contributed by atoms with Gasteiger partial charge in [0.1, 0.15) is 0 Å². The maximum absolute atomic E-state index is 14.4. The molecule has 0 fully saturated rings. The van der Waals surface area contributed by atoms with Crippen molar-refractivity contribution < 1.29 is 284 Å². The van der Waals surface area contributed by atoms with Crippen molar-refractivity contribution in [2.24, 2.45) is 0 Å². The SMILES string of the molecule is Fc1c(F)c(F)c(P(c2c(F)c(F)c(F)c(F)c2F)c2c(F)c(F)c(F)c(F)c2F)c(F)c1F.Fc1c(F)c(F)c(P(c2c(F)c(F)c(F)c(F)c2F)c2c(F)c(F)c(F)c(F)c2F)c(F)c1F.Fc1c(F)c(F)c(P(c2c(F)c(F)c(F)c(F)c2F)c2c(F)c(F)c(F)c(F)c2F)c(F)c1F.Fc1c(F)c(F)c(P(c2c(F)c(F)c(F)c(F)c2F)c2c(F)c(F)c(F)c(F)c2F)c(F)c1F.[Pd]. The Kier molecular flexibility index (Phi) is 33.0. The number of rotatable bonds is 12. The quantitative estimate of drug-likeness (QED) is 0.0376. The van der Waals surface area contributed by atoms with Gasteiger partial charge in [-0.2, -0.15) is 0 Å². The summed E-state index contributed by atoms with van der Waals surface area (Å²) in [6, 6.07) is 0. The van der Waals surface area contributed by atoms with Gasteiger partial charge in [0.2, 0.25) is 69.8 Å². The molecule has 65 heteroatoms. The summed E-state index contributed by atoms with van der Waals surface area (Å²) in [7, 11) is -19.6. The molecule has 0 N–H and O–H groups in total. The molecule has 0 amide bonds. The van der Waals surface area contributed by atoms with Gasteiger partial charge in [0.15, 0.2) is 279 Å². The second kappa shape index (κ2) is 40.7. The molecule has 0 aliphatic carbocycles. The molecule has 0 atom stereocenters. The summed E-state index contributed by atoms with van der Waals surface area (Å²) in [5.41, 5.74) is 0. The Hall–Kier alpha value is -11.2. The van der Waals surface area contributed by atoms with Gasteiger partial charge in [-0.25, -0.2) is 263 Å². The minimum atomic E-state index is -4.90. The van der Waals surface area contributed by atoms with E-state index in [2.05, 4.69) is 0 Å². The summed E-state index contributed by atoms with van der Waals surface area (Å²) in [5, 5.41) is -31.4. The van der Waals surface area contributed by atoms with Gasteiger partial charge in [-0.1, -0.05) is 0 Å². The summed E-state index contributed by atoms with van der Waals surface area (Å²) in [5.74, 6) is -180. The molecule has 12 aromatic rings. The van der Waals surface area contributed by atoms with Crippen LogP contribution >= 0.6 is 31.7 Å². The molecule has 12 rings (SSSR count). The van der Waals surface area contributed by atoms with E-state index in [4.69, 9.17) is 0 Å². The average Bonchev–Trinajstić information content (AvgIpc) is 0.739. The second-order valence-electron chi connectivity index (χ2n) is 24.4. The van der Waals surface area contributed by atoms with Crippen LogP contribution in [-0.4, -0.2) is 0 Å². The van der Waals surface area contributed by atoms with Crippen LogP contribution in [0.2, 0.25) is 0 Å². The molecule has 738 valence electrons. The first-order chi connectivity index (χ1) is 62.6. The van der Waals surface area contributed by atoms with Crippen LogP contribution < -0.4 is 63.7 Å². The molecule has 12 aromatic carbocycles. The molecule has 0 unspecified atom stereocenters. The van der Waals surface area contributed by atoms with E-state index in [0.717, 1.165) is 0 Å². The standard InChI is InChI=1S/4C18F15P.Pd/c4*19-1-4(22)10(28)16(11(29)5(1)23)34(17-12(30)6(24)2(20)7(25)13(17)31)18-14(32)8(26)3(21)9(27)15(18)33;. The van der Waals surface area contributed by atoms with Gasteiger partial charge >= 0.3 is 0 Å². The Morgan fingerprint density at radius 1 is 0.0584 bits per heavy atom. The third-order valence-electron chi connectivity index (χ3n) is 16.9. The minimum Gasteiger partial charge on any atom is -0.203 e. The summed E-state index contributed by atoms with van der Waals surface area (Å²) in [6.07, 6.45) is 0. The molecule has 0 aromatic heterocycles. The number of hydrogen-bond acceptors (Lipinski definition) is 0. The Labute approximate surface area is 726 Å². The number of benzene rings is 12. The molecule has 137 heavy (non-hydrogen) atoms. The van der Waals surface area contributed by atoms with Crippen LogP contribution in [0.3, 0.4) is 0 Å². The molecule has 0 nitrogen and oxygen atoms in total. The first kappa shape index (κ1) is 111. The third kappa shape index (κ3) is 17.8. The molecule has 0 radical (unpaired) electrons. The predicted molar refractivity (Wildman–Crippen MR) is 338 cm³/mol. The zero-order chi connectivity index (χ0) is 104. The number of halogens is 60. The molecular formula is C72F60P4Pd. The van der Waals surface area contributed by atoms with Crippen LogP contribution in [0.25, 0.3) is 0 Å². The summed E-state index contributed by atoms with van der Waals surface area (Å²) >= 11 is 0. The Balaban J connectivity index is 0.000000224. The van der Waals surface area contributed by atoms with Crippen molar-refractivity contribution in [3.8, 4) is 0 Å². The van der Waals surface area contributed by atoms with Crippen LogP contribution in [0.1, 0.15) is 0 Å². The maximum atomic E-state index is 14.4. The third-order valence-corrected chi connectivity index (χ3v) is 27.0. The van der Waals surface area contributed by atoms with E-state index in [-0.39, 0.29) is 20.4 Å². The van der Waals surface area contributed by atoms with Gasteiger partial charge < -0.3 is 0 Å². The van der Waals surface area contributed by atoms with E-state index in [1.807, 2.05) is 0 Å². The number of hydrogen-bond donors (Lipinski definition) is 0. The first-order valence-corrected chi connectivity index (χ1v) is 37.4. The van der Waals surface area contributed by atoms with Crippen LogP contribution in [0.5, 0.6) is 0 Å². The normalized spacial score (nSPS) is 11.6. The van der Waals surface area contributed by atoms with Gasteiger partial charge in [-0.05, 0) is 0 Å². The fourth-order valence-electron chi connectivity index (χ4n) is 10.8. The average molecular weight is 2230 g/mol. The zero-order valence-electron chi connectivity index (χ0n) is 60.8. The van der Waals surface area contributed by atoms with Gasteiger partial charge in [-0.3, -0.25) is 0 Å². The zero-order valence-corrected chi connectivity index (χ0v) is 65.9. The van der Waals surface area contributed by atoms with Crippen LogP contribution in [0.4, 0.5) is 263 Å². The van der Waals surface area contributed by atoms with Gasteiger partial charge in [0.25, 0.3) is 0 Å². The van der Waals surface area contributed by atoms with Gasteiger partial charge in [-0.15, -0.1) is 0 Å². The van der Waals surface area contributed by atoms with Crippen molar-refractivity contribution in [1.82, 2.24) is 0 Å². The maximum Gasteiger partial charge on any atom is 0.200 e. The topological polar surface area (TPSA) is 0 Å². The monoisotopic (exact) mass is 2230 g/mol. The fourth-order valence-corrected chi connectivity index (χ4v) is 20.6. The van der Waals surface area contributed by atoms with Crippen molar-refractivity contribution in [2.75, 3.05) is 0 Å². The second-order valence-corrected chi connectivity index (χ2v) is 32.4. The van der Waals surface area contributed by atoms with E-state index in [9.17, 15) is 263 Å². The molecular weight excluding hydrogens is 2230 g/mol. The molecule has 0 saturated heterocycles. The van der Waals surface area contributed by atoms with Crippen molar-refractivity contribution in [3.05, 3.63) is 349 Å². The van der Waals surface area contributed by atoms with E-state index in [0.29, 0.717) is 0 Å². The molecule has 0 spiro atoms. The van der Waals surface area contributed by atoms with Crippen molar-refractivity contribution in [2.45, 2.75) is 0 Å². The van der Waals surface area contributed by atoms with E-state index in [1.54, 1.807) is 0 Å². The molecule has 0 aliphatic rings. The van der Waals surface area contributed by atoms with E-state index in [1.165, 1.54) is 0 Å². The summed E-state index contributed by atoms with van der Waals surface area (Å²) < 4.78 is 835. The van der Waals surface area contributed by atoms with E-state index >= 15 is 0 Å². The summed E-state index contributed by atoms with van der Waals surface area (Å²) in [6.45, 7) is 0. The Morgan fingerprint density at radius 3 is 0.124 bits per heavy atom. The van der Waals surface area contributed by atoms with Gasteiger partial charge in [0.05, 0.1) is 63.7 Å². The predicted octanol–water partition coefficient (Wildman–Crippen LogP) is 22.1. The fraction of sp³-hybridized carbons (Fsp3) is 0. The Morgan fingerprint density at radius 2 is 0.0876 bits per heavy atom. The van der Waals surface area contributed by atoms with Crippen molar-refractivity contribution in [3.63, 3.8) is 0 Å². The van der Waals surface area contributed by atoms with Crippen LogP contribution in [0.15, 0.2) is 0 Å². The van der Waals surface area contributed by atoms with Crippen molar-refractivity contribution in [1.29, 1.82) is 0 Å². The largest absolute Gasteiger partial charge is 0.203 e. The molecule has 0 heterocycles. The van der Waals surface area contributed by atoms with Gasteiger partial charge in [0, 0.05) is 52.1 Å². The molecule has 0 aliphatic heterocycles.